The number of benzene rings is 14. The summed E-state index contributed by atoms with van der Waals surface area (Å²) in [5, 5.41) is 2.54. The molecule has 2 aliphatic heterocycles. The third kappa shape index (κ3) is 8.72. The standard InChI is InChI=1S/C85H58BN3S/c1-9-28-59(29-10-1)71-45-27-46-72(60-30-11-2-12-31-60)84(71)89-79-58-70(88(67-40-21-7-22-41-67)68-42-23-8-24-43-68)50-52-78(79)86-77-51-49-69(87(65-36-17-5-18-37-65)66-38-19-6-20-39-66)57-75(77)85(63-32-13-3-14-33-63,64-34-15-4-16-35-64)76-55-62(56-80(89)83(76)86)61-48-53-82-74(54-61)73-44-25-26-47-81(73)90-82/h1-58H. The molecule has 0 aliphatic carbocycles. The molecule has 2 aliphatic rings. The quantitative estimate of drug-likeness (QED) is 0.113. The van der Waals surface area contributed by atoms with Gasteiger partial charge < -0.3 is 14.7 Å². The molecule has 5 heteroatoms. The predicted octanol–water partition coefficient (Wildman–Crippen LogP) is 21.0. The summed E-state index contributed by atoms with van der Waals surface area (Å²) in [5.74, 6) is 0. The Hall–Kier alpha value is -11.2. The van der Waals surface area contributed by atoms with E-state index in [1.54, 1.807) is 0 Å². The van der Waals surface area contributed by atoms with Gasteiger partial charge >= 0.3 is 0 Å². The first kappa shape index (κ1) is 53.0. The molecule has 3 nitrogen and oxygen atoms in total. The minimum absolute atomic E-state index is 0.217. The lowest BCUT2D eigenvalue weighted by atomic mass is 9.29. The fourth-order valence-electron chi connectivity index (χ4n) is 14.7. The Labute approximate surface area is 530 Å². The van der Waals surface area contributed by atoms with Gasteiger partial charge in [-0.15, -0.1) is 11.3 Å². The van der Waals surface area contributed by atoms with Crippen molar-refractivity contribution >= 4 is 106 Å². The molecule has 3 heterocycles. The van der Waals surface area contributed by atoms with Gasteiger partial charge in [0, 0.05) is 76.8 Å². The van der Waals surface area contributed by atoms with E-state index in [1.807, 2.05) is 11.3 Å². The molecule has 0 amide bonds. The van der Waals surface area contributed by atoms with Crippen LogP contribution in [-0.4, -0.2) is 6.71 Å². The van der Waals surface area contributed by atoms with E-state index < -0.39 is 5.41 Å². The minimum Gasteiger partial charge on any atom is -0.310 e. The lowest BCUT2D eigenvalue weighted by Gasteiger charge is -2.49. The molecule has 0 saturated heterocycles. The third-order valence-corrected chi connectivity index (χ3v) is 19.7. The van der Waals surface area contributed by atoms with Crippen LogP contribution in [0.2, 0.25) is 0 Å². The smallest absolute Gasteiger partial charge is 0.247 e. The highest BCUT2D eigenvalue weighted by atomic mass is 32.1. The topological polar surface area (TPSA) is 9.72 Å². The Morgan fingerprint density at radius 1 is 0.289 bits per heavy atom. The average molecular weight is 1160 g/mol. The maximum absolute atomic E-state index is 2.68. The zero-order chi connectivity index (χ0) is 59.5. The summed E-state index contributed by atoms with van der Waals surface area (Å²) in [7, 11) is 0. The van der Waals surface area contributed by atoms with Gasteiger partial charge in [-0.3, -0.25) is 0 Å². The highest BCUT2D eigenvalue weighted by Gasteiger charge is 2.52. The van der Waals surface area contributed by atoms with Crippen molar-refractivity contribution in [3.8, 4) is 33.4 Å². The van der Waals surface area contributed by atoms with Crippen LogP contribution < -0.4 is 31.1 Å². The van der Waals surface area contributed by atoms with Crippen LogP contribution in [0.15, 0.2) is 352 Å². The van der Waals surface area contributed by atoms with Crippen molar-refractivity contribution in [1.29, 1.82) is 0 Å². The van der Waals surface area contributed by atoms with Gasteiger partial charge in [-0.05, 0) is 159 Å². The fraction of sp³-hybridized carbons (Fsp3) is 0.0118. The van der Waals surface area contributed by atoms with E-state index in [0.717, 1.165) is 84.6 Å². The van der Waals surface area contributed by atoms with Gasteiger partial charge in [-0.25, -0.2) is 0 Å². The van der Waals surface area contributed by atoms with Crippen LogP contribution in [0.1, 0.15) is 22.3 Å². The normalized spacial score (nSPS) is 12.7. The van der Waals surface area contributed by atoms with E-state index in [2.05, 4.69) is 367 Å². The lowest BCUT2D eigenvalue weighted by molar-refractivity contribution is 0.751. The van der Waals surface area contributed by atoms with Gasteiger partial charge in [0.25, 0.3) is 0 Å². The Morgan fingerprint density at radius 3 is 1.28 bits per heavy atom. The summed E-state index contributed by atoms with van der Waals surface area (Å²) in [4.78, 5) is 7.52. The second-order valence-corrected chi connectivity index (χ2v) is 24.6. The fourth-order valence-corrected chi connectivity index (χ4v) is 15.8. The van der Waals surface area contributed by atoms with Crippen molar-refractivity contribution < 1.29 is 0 Å². The summed E-state index contributed by atoms with van der Waals surface area (Å²) >= 11 is 1.87. The van der Waals surface area contributed by atoms with Crippen molar-refractivity contribution in [2.24, 2.45) is 0 Å². The maximum Gasteiger partial charge on any atom is 0.247 e. The van der Waals surface area contributed by atoms with Gasteiger partial charge in [0.05, 0.1) is 11.1 Å². The van der Waals surface area contributed by atoms with E-state index in [4.69, 9.17) is 0 Å². The highest BCUT2D eigenvalue weighted by Crippen LogP contribution is 2.55. The summed E-state index contributed by atoms with van der Waals surface area (Å²) in [6, 6.07) is 131. The van der Waals surface area contributed by atoms with Crippen molar-refractivity contribution in [2.75, 3.05) is 14.7 Å². The molecule has 0 N–H and O–H groups in total. The number of anilines is 9. The van der Waals surface area contributed by atoms with Crippen LogP contribution in [0, 0.1) is 0 Å². The Kier molecular flexibility index (Phi) is 13.1. The molecule has 0 radical (unpaired) electrons. The summed E-state index contributed by atoms with van der Waals surface area (Å²) in [6.07, 6.45) is 0. The first-order valence-electron chi connectivity index (χ1n) is 31.0. The number of fused-ring (bicyclic) bond motifs is 7. The molecule has 90 heavy (non-hydrogen) atoms. The maximum atomic E-state index is 2.68. The van der Waals surface area contributed by atoms with Crippen LogP contribution >= 0.6 is 11.3 Å². The number of thiophene rings is 1. The van der Waals surface area contributed by atoms with E-state index in [1.165, 1.54) is 58.8 Å². The first-order chi connectivity index (χ1) is 44.7. The van der Waals surface area contributed by atoms with E-state index in [9.17, 15) is 0 Å². The second kappa shape index (κ2) is 22.2. The SMILES string of the molecule is c1ccc(-c2cccc(-c3ccccc3)c2N2c3cc(N(c4ccccc4)c4ccccc4)ccc3B3c4ccc(N(c5ccccc5)c5ccccc5)cc4C(c4ccccc4)(c4ccccc4)c4cc(-c5ccc6sc7ccccc7c6c5)cc2c43)cc1. The van der Waals surface area contributed by atoms with Crippen molar-refractivity contribution in [3.63, 3.8) is 0 Å². The van der Waals surface area contributed by atoms with E-state index in [-0.39, 0.29) is 6.71 Å². The van der Waals surface area contributed by atoms with Gasteiger partial charge in [-0.1, -0.05) is 254 Å². The molecule has 0 unspecified atom stereocenters. The molecule has 0 fully saturated rings. The monoisotopic (exact) mass is 1160 g/mol. The molecule has 1 aromatic heterocycles. The van der Waals surface area contributed by atoms with Crippen LogP contribution in [0.4, 0.5) is 51.2 Å². The molecule has 0 atom stereocenters. The number of rotatable bonds is 12. The molecule has 0 spiro atoms. The van der Waals surface area contributed by atoms with E-state index >= 15 is 0 Å². The number of nitrogens with zero attached hydrogens (tertiary/aromatic N) is 3. The highest BCUT2D eigenvalue weighted by molar-refractivity contribution is 7.25. The summed E-state index contributed by atoms with van der Waals surface area (Å²) < 4.78 is 2.57. The van der Waals surface area contributed by atoms with Gasteiger partial charge in [-0.2, -0.15) is 0 Å². The first-order valence-corrected chi connectivity index (χ1v) is 31.8. The molecule has 15 aromatic rings. The largest absolute Gasteiger partial charge is 0.310 e. The van der Waals surface area contributed by atoms with Crippen LogP contribution in [0.25, 0.3) is 53.6 Å². The Balaban J connectivity index is 1.06. The van der Waals surface area contributed by atoms with Crippen LogP contribution in [0.5, 0.6) is 0 Å². The zero-order valence-corrected chi connectivity index (χ0v) is 50.1. The molecular weight excluding hydrogens is 1110 g/mol. The predicted molar refractivity (Wildman–Crippen MR) is 383 cm³/mol. The number of hydrogen-bond donors (Lipinski definition) is 0. The third-order valence-electron chi connectivity index (χ3n) is 18.5. The van der Waals surface area contributed by atoms with Crippen LogP contribution in [0.3, 0.4) is 0 Å². The molecule has 14 aromatic carbocycles. The van der Waals surface area contributed by atoms with Gasteiger partial charge in [0.15, 0.2) is 0 Å². The number of para-hydroxylation sites is 5. The Morgan fingerprint density at radius 2 is 0.744 bits per heavy atom. The Bertz CT molecular complexity index is 4950. The molecular formula is C85H58BN3S. The molecule has 17 rings (SSSR count). The van der Waals surface area contributed by atoms with Gasteiger partial charge in [0.1, 0.15) is 0 Å². The van der Waals surface area contributed by atoms with Crippen molar-refractivity contribution in [3.05, 3.63) is 374 Å². The molecule has 422 valence electrons. The lowest BCUT2D eigenvalue weighted by Crippen LogP contribution is -2.65. The van der Waals surface area contributed by atoms with Gasteiger partial charge in [0.2, 0.25) is 6.71 Å². The van der Waals surface area contributed by atoms with Crippen LogP contribution in [-0.2, 0) is 5.41 Å². The molecule has 0 saturated carbocycles. The number of hydrogen-bond acceptors (Lipinski definition) is 4. The second-order valence-electron chi connectivity index (χ2n) is 23.5. The van der Waals surface area contributed by atoms with Crippen molar-refractivity contribution in [1.82, 2.24) is 0 Å². The summed E-state index contributed by atoms with van der Waals surface area (Å²) in [5.41, 5.74) is 24.5. The summed E-state index contributed by atoms with van der Waals surface area (Å²) in [6.45, 7) is -0.217. The molecule has 0 bridgehead atoms. The zero-order valence-electron chi connectivity index (χ0n) is 49.3. The van der Waals surface area contributed by atoms with Crippen molar-refractivity contribution in [2.45, 2.75) is 5.41 Å². The minimum atomic E-state index is -0.857. The van der Waals surface area contributed by atoms with E-state index in [0.29, 0.717) is 0 Å². The average Bonchev–Trinajstić information content (AvgIpc) is 0.762.